The second-order valence-electron chi connectivity index (χ2n) is 4.71. The van der Waals surface area contributed by atoms with Crippen molar-refractivity contribution in [3.8, 4) is 17.6 Å². The highest BCUT2D eigenvalue weighted by atomic mass is 32.1. The molecule has 23 heavy (non-hydrogen) atoms. The van der Waals surface area contributed by atoms with Gasteiger partial charge in [-0.3, -0.25) is 0 Å². The summed E-state index contributed by atoms with van der Waals surface area (Å²) in [6.07, 6.45) is 3.87. The molecule has 0 bridgehead atoms. The lowest BCUT2D eigenvalue weighted by atomic mass is 10.2. The standard InChI is InChI=1S/C16H22N4O2S/c1-4-5-9-18-16(23)20(2)19-12-13-6-7-14(22-10-8-17)15(11-13)21-3/h6-7,11-12H,4-5,9-10H2,1-3H3,(H,18,23)/b19-12+. The molecule has 1 rings (SSSR count). The van der Waals surface area contributed by atoms with Gasteiger partial charge in [-0.05, 0) is 42.4 Å². The maximum atomic E-state index is 8.56. The lowest BCUT2D eigenvalue weighted by Crippen LogP contribution is -2.34. The van der Waals surface area contributed by atoms with Gasteiger partial charge in [-0.25, -0.2) is 5.01 Å². The van der Waals surface area contributed by atoms with Gasteiger partial charge in [0, 0.05) is 13.6 Å². The van der Waals surface area contributed by atoms with Crippen LogP contribution in [0.3, 0.4) is 0 Å². The van der Waals surface area contributed by atoms with Crippen LogP contribution >= 0.6 is 12.2 Å². The van der Waals surface area contributed by atoms with Crippen LogP contribution in [0.5, 0.6) is 11.5 Å². The SMILES string of the molecule is CCCCNC(=S)N(C)/N=C/c1ccc(OCC#N)c(OC)c1. The third-order valence-corrected chi connectivity index (χ3v) is 3.37. The molecule has 0 unspecified atom stereocenters. The van der Waals surface area contributed by atoms with Gasteiger partial charge in [-0.2, -0.15) is 10.4 Å². The van der Waals surface area contributed by atoms with Crippen molar-refractivity contribution in [1.82, 2.24) is 10.3 Å². The van der Waals surface area contributed by atoms with Crippen LogP contribution in [0.1, 0.15) is 25.3 Å². The number of nitriles is 1. The van der Waals surface area contributed by atoms with Crippen molar-refractivity contribution in [2.75, 3.05) is 27.3 Å². The van der Waals surface area contributed by atoms with E-state index in [0.29, 0.717) is 16.6 Å². The third-order valence-electron chi connectivity index (χ3n) is 2.96. The predicted molar refractivity (Wildman–Crippen MR) is 95.0 cm³/mol. The van der Waals surface area contributed by atoms with Crippen LogP contribution in [-0.4, -0.2) is 43.6 Å². The van der Waals surface area contributed by atoms with E-state index < -0.39 is 0 Å². The van der Waals surface area contributed by atoms with Gasteiger partial charge in [0.1, 0.15) is 6.07 Å². The van der Waals surface area contributed by atoms with Crippen LogP contribution in [-0.2, 0) is 0 Å². The van der Waals surface area contributed by atoms with Gasteiger partial charge in [0.05, 0.1) is 13.3 Å². The topological polar surface area (TPSA) is 69.9 Å². The normalized spacial score (nSPS) is 10.2. The summed E-state index contributed by atoms with van der Waals surface area (Å²) in [4.78, 5) is 0. The largest absolute Gasteiger partial charge is 0.493 e. The molecular formula is C16H22N4O2S. The van der Waals surface area contributed by atoms with E-state index in [0.717, 1.165) is 24.9 Å². The zero-order valence-electron chi connectivity index (χ0n) is 13.7. The highest BCUT2D eigenvalue weighted by Crippen LogP contribution is 2.27. The molecule has 0 radical (unpaired) electrons. The highest BCUT2D eigenvalue weighted by Gasteiger charge is 2.05. The van der Waals surface area contributed by atoms with E-state index in [1.54, 1.807) is 37.5 Å². The Bertz CT molecular complexity index is 584. The monoisotopic (exact) mass is 334 g/mol. The Morgan fingerprint density at radius 1 is 1.48 bits per heavy atom. The summed E-state index contributed by atoms with van der Waals surface area (Å²) < 4.78 is 10.5. The molecule has 1 N–H and O–H groups in total. The molecule has 0 aliphatic carbocycles. The van der Waals surface area contributed by atoms with E-state index in [9.17, 15) is 0 Å². The number of rotatable bonds is 8. The average Bonchev–Trinajstić information content (AvgIpc) is 2.58. The van der Waals surface area contributed by atoms with Gasteiger partial charge in [0.15, 0.2) is 23.2 Å². The van der Waals surface area contributed by atoms with Crippen LogP contribution < -0.4 is 14.8 Å². The van der Waals surface area contributed by atoms with E-state index in [2.05, 4.69) is 17.3 Å². The van der Waals surface area contributed by atoms with E-state index in [4.69, 9.17) is 27.0 Å². The first kappa shape index (κ1) is 18.7. The molecule has 124 valence electrons. The molecule has 7 heteroatoms. The molecule has 0 saturated carbocycles. The molecule has 0 fully saturated rings. The van der Waals surface area contributed by atoms with Gasteiger partial charge >= 0.3 is 0 Å². The van der Waals surface area contributed by atoms with Crippen molar-refractivity contribution in [2.24, 2.45) is 5.10 Å². The van der Waals surface area contributed by atoms with Gasteiger partial charge in [0.2, 0.25) is 0 Å². The zero-order chi connectivity index (χ0) is 17.1. The van der Waals surface area contributed by atoms with Crippen LogP contribution in [0.4, 0.5) is 0 Å². The molecular weight excluding hydrogens is 312 g/mol. The first-order valence-corrected chi connectivity index (χ1v) is 7.76. The Balaban J connectivity index is 2.68. The van der Waals surface area contributed by atoms with Gasteiger partial charge in [0.25, 0.3) is 0 Å². The smallest absolute Gasteiger partial charge is 0.189 e. The molecule has 0 saturated heterocycles. The second-order valence-corrected chi connectivity index (χ2v) is 5.10. The average molecular weight is 334 g/mol. The summed E-state index contributed by atoms with van der Waals surface area (Å²) in [5, 5.41) is 18.2. The molecule has 0 atom stereocenters. The summed E-state index contributed by atoms with van der Waals surface area (Å²) in [7, 11) is 3.34. The Morgan fingerprint density at radius 2 is 2.26 bits per heavy atom. The number of methoxy groups -OCH3 is 1. The molecule has 0 aliphatic rings. The maximum Gasteiger partial charge on any atom is 0.189 e. The summed E-state index contributed by atoms with van der Waals surface area (Å²) in [6, 6.07) is 7.29. The predicted octanol–water partition coefficient (Wildman–Crippen LogP) is 2.54. The first-order chi connectivity index (χ1) is 11.1. The van der Waals surface area contributed by atoms with Crippen LogP contribution in [0.15, 0.2) is 23.3 Å². The summed E-state index contributed by atoms with van der Waals surface area (Å²) in [6.45, 7) is 2.95. The molecule has 1 aromatic rings. The van der Waals surface area contributed by atoms with E-state index in [1.165, 1.54) is 0 Å². The second kappa shape index (κ2) is 10.4. The van der Waals surface area contributed by atoms with Crippen LogP contribution in [0, 0.1) is 11.3 Å². The number of unbranched alkanes of at least 4 members (excludes halogenated alkanes) is 1. The lowest BCUT2D eigenvalue weighted by molar-refractivity contribution is 0.329. The van der Waals surface area contributed by atoms with Crippen LogP contribution in [0.2, 0.25) is 0 Å². The van der Waals surface area contributed by atoms with E-state index >= 15 is 0 Å². The number of hydrogen-bond acceptors (Lipinski definition) is 5. The van der Waals surface area contributed by atoms with E-state index in [-0.39, 0.29) is 6.61 Å². The van der Waals surface area contributed by atoms with Crippen molar-refractivity contribution in [3.05, 3.63) is 23.8 Å². The third kappa shape index (κ3) is 6.53. The van der Waals surface area contributed by atoms with Crippen molar-refractivity contribution in [3.63, 3.8) is 0 Å². The van der Waals surface area contributed by atoms with E-state index in [1.807, 2.05) is 12.1 Å². The minimum atomic E-state index is -0.0236. The van der Waals surface area contributed by atoms with Crippen molar-refractivity contribution < 1.29 is 9.47 Å². The van der Waals surface area contributed by atoms with Crippen molar-refractivity contribution in [2.45, 2.75) is 19.8 Å². The van der Waals surface area contributed by atoms with Gasteiger partial charge in [-0.15, -0.1) is 0 Å². The quantitative estimate of drug-likeness (QED) is 0.341. The van der Waals surface area contributed by atoms with Crippen LogP contribution in [0.25, 0.3) is 0 Å². The molecule has 0 heterocycles. The fourth-order valence-electron chi connectivity index (χ4n) is 1.69. The Morgan fingerprint density at radius 3 is 2.91 bits per heavy atom. The number of ether oxygens (including phenoxy) is 2. The van der Waals surface area contributed by atoms with Crippen molar-refractivity contribution in [1.29, 1.82) is 5.26 Å². The molecule has 0 aromatic heterocycles. The minimum absolute atomic E-state index is 0.0236. The Hall–Kier alpha value is -2.33. The molecule has 0 aliphatic heterocycles. The number of hydrazone groups is 1. The zero-order valence-corrected chi connectivity index (χ0v) is 14.5. The molecule has 1 aromatic carbocycles. The van der Waals surface area contributed by atoms with Gasteiger partial charge in [-0.1, -0.05) is 13.3 Å². The maximum absolute atomic E-state index is 8.56. The fourth-order valence-corrected chi connectivity index (χ4v) is 1.84. The number of thiocarbonyl (C=S) groups is 1. The summed E-state index contributed by atoms with van der Waals surface area (Å²) in [5.41, 5.74) is 0.842. The summed E-state index contributed by atoms with van der Waals surface area (Å²) >= 11 is 5.25. The number of nitrogens with zero attached hydrogens (tertiary/aromatic N) is 3. The first-order valence-electron chi connectivity index (χ1n) is 7.35. The fraction of sp³-hybridized carbons (Fsp3) is 0.438. The van der Waals surface area contributed by atoms with Crippen molar-refractivity contribution >= 4 is 23.5 Å². The van der Waals surface area contributed by atoms with Gasteiger partial charge < -0.3 is 14.8 Å². The molecule has 0 spiro atoms. The Kier molecular flexibility index (Phi) is 8.47. The minimum Gasteiger partial charge on any atom is -0.493 e. The summed E-state index contributed by atoms with van der Waals surface area (Å²) in [5.74, 6) is 1.08. The number of nitrogens with one attached hydrogen (secondary N) is 1. The molecule has 0 amide bonds. The Labute approximate surface area is 142 Å². The number of benzene rings is 1. The lowest BCUT2D eigenvalue weighted by Gasteiger charge is -2.15. The number of hydrogen-bond donors (Lipinski definition) is 1. The molecule has 6 nitrogen and oxygen atoms in total. The highest BCUT2D eigenvalue weighted by molar-refractivity contribution is 7.80.